The maximum Gasteiger partial charge on any atom is 0.137 e. The maximum absolute atomic E-state index is 15.7. The third-order valence-corrected chi connectivity index (χ3v) is 8.52. The van der Waals surface area contributed by atoms with Gasteiger partial charge in [-0.1, -0.05) is 39.8 Å². The van der Waals surface area contributed by atoms with Crippen molar-refractivity contribution in [3.05, 3.63) is 53.3 Å². The van der Waals surface area contributed by atoms with Crippen molar-refractivity contribution in [2.24, 2.45) is 17.3 Å². The van der Waals surface area contributed by atoms with Gasteiger partial charge in [-0.15, -0.1) is 0 Å². The van der Waals surface area contributed by atoms with Crippen LogP contribution in [0.4, 0.5) is 9.18 Å². The Morgan fingerprint density at radius 2 is 1.89 bits per heavy atom. The Labute approximate surface area is 214 Å². The molecule has 6 heteroatoms. The van der Waals surface area contributed by atoms with Gasteiger partial charge in [0.05, 0.1) is 12.6 Å². The van der Waals surface area contributed by atoms with E-state index in [4.69, 9.17) is 4.74 Å². The van der Waals surface area contributed by atoms with Crippen molar-refractivity contribution in [3.8, 4) is 16.9 Å². The number of carbonyl (C=O) groups is 1. The molecule has 5 nitrogen and oxygen atoms in total. The molecule has 2 aromatic rings. The molecule has 2 bridgehead atoms. The van der Waals surface area contributed by atoms with Crippen LogP contribution in [0.25, 0.3) is 11.1 Å². The van der Waals surface area contributed by atoms with Gasteiger partial charge >= 0.3 is 0 Å². The van der Waals surface area contributed by atoms with Gasteiger partial charge in [-0.2, -0.15) is 0 Å². The van der Waals surface area contributed by atoms with Crippen LogP contribution in [-0.4, -0.2) is 48.2 Å². The lowest BCUT2D eigenvalue weighted by atomic mass is 9.68. The fourth-order valence-electron chi connectivity index (χ4n) is 6.54. The Morgan fingerprint density at radius 3 is 2.47 bits per heavy atom. The van der Waals surface area contributed by atoms with Crippen LogP contribution in [0.3, 0.4) is 0 Å². The molecule has 0 radical (unpaired) electrons. The highest BCUT2D eigenvalue weighted by atomic mass is 19.1. The summed E-state index contributed by atoms with van der Waals surface area (Å²) in [6.07, 6.45) is 2.52. The summed E-state index contributed by atoms with van der Waals surface area (Å²) in [5, 5.41) is 12.7. The highest BCUT2D eigenvalue weighted by molar-refractivity contribution is 5.68. The lowest BCUT2D eigenvalue weighted by molar-refractivity contribution is -0.277. The predicted molar refractivity (Wildman–Crippen MR) is 137 cm³/mol. The van der Waals surface area contributed by atoms with Crippen molar-refractivity contribution in [1.29, 1.82) is 0 Å². The van der Waals surface area contributed by atoms with Crippen LogP contribution in [0, 0.1) is 23.1 Å². The van der Waals surface area contributed by atoms with Crippen LogP contribution in [-0.2, 0) is 6.42 Å². The quantitative estimate of drug-likeness (QED) is 0.549. The van der Waals surface area contributed by atoms with Gasteiger partial charge in [0.25, 0.3) is 0 Å². The van der Waals surface area contributed by atoms with Crippen molar-refractivity contribution in [1.82, 2.24) is 9.80 Å². The van der Waals surface area contributed by atoms with E-state index in [2.05, 4.69) is 32.6 Å². The first-order valence-electron chi connectivity index (χ1n) is 13.4. The highest BCUT2D eigenvalue weighted by Crippen LogP contribution is 2.50. The summed E-state index contributed by atoms with van der Waals surface area (Å²) in [5.74, 6) is 1.23. The first kappa shape index (κ1) is 25.1. The molecule has 0 aromatic heterocycles. The summed E-state index contributed by atoms with van der Waals surface area (Å²) < 4.78 is 21.5. The summed E-state index contributed by atoms with van der Waals surface area (Å²) >= 11 is 0. The molecule has 2 atom stereocenters. The lowest BCUT2D eigenvalue weighted by Gasteiger charge is -2.56. The fourth-order valence-corrected chi connectivity index (χ4v) is 6.54. The van der Waals surface area contributed by atoms with Gasteiger partial charge in [0.1, 0.15) is 17.7 Å². The van der Waals surface area contributed by atoms with E-state index < -0.39 is 12.1 Å². The second-order valence-electron chi connectivity index (χ2n) is 12.0. The number of benzene rings is 2. The van der Waals surface area contributed by atoms with Gasteiger partial charge in [-0.25, -0.2) is 4.39 Å². The molecule has 0 N–H and O–H groups in total. The van der Waals surface area contributed by atoms with Crippen molar-refractivity contribution in [2.45, 2.75) is 65.5 Å². The number of aryl methyl sites for hydroxylation is 1. The Balaban J connectivity index is 1.49. The van der Waals surface area contributed by atoms with E-state index >= 15 is 4.39 Å². The molecule has 3 saturated heterocycles. The second-order valence-corrected chi connectivity index (χ2v) is 12.0. The minimum Gasteiger partial charge on any atom is -0.530 e. The third kappa shape index (κ3) is 4.72. The number of carboxylic acid groups (broad SMARTS) is 1. The molecule has 3 heterocycles. The zero-order valence-electron chi connectivity index (χ0n) is 21.9. The average molecular weight is 494 g/mol. The molecule has 36 heavy (non-hydrogen) atoms. The largest absolute Gasteiger partial charge is 0.530 e. The number of nitrogens with zero attached hydrogens (tertiary/aromatic N) is 2. The molecule has 194 valence electrons. The van der Waals surface area contributed by atoms with E-state index in [1.54, 1.807) is 11.0 Å². The number of carbonyl (C=O) groups excluding carboxylic acids is 1. The normalized spacial score (nSPS) is 26.5. The van der Waals surface area contributed by atoms with E-state index in [9.17, 15) is 9.90 Å². The molecule has 3 aliphatic heterocycles. The van der Waals surface area contributed by atoms with Crippen molar-refractivity contribution in [2.75, 3.05) is 26.2 Å². The summed E-state index contributed by atoms with van der Waals surface area (Å²) in [4.78, 5) is 16.6. The Bertz CT molecular complexity index is 1110. The Hall–Kier alpha value is -2.60. The van der Waals surface area contributed by atoms with E-state index in [0.29, 0.717) is 24.0 Å². The molecule has 0 spiro atoms. The van der Waals surface area contributed by atoms with Crippen molar-refractivity contribution in [3.63, 3.8) is 0 Å². The zero-order chi connectivity index (χ0) is 25.6. The van der Waals surface area contributed by atoms with E-state index in [1.165, 1.54) is 0 Å². The summed E-state index contributed by atoms with van der Waals surface area (Å²) in [6, 6.07) is 10.6. The molecule has 0 saturated carbocycles. The monoisotopic (exact) mass is 493 g/mol. The maximum atomic E-state index is 15.7. The fraction of sp³-hybridized carbons (Fsp3) is 0.567. The molecule has 0 unspecified atom stereocenters. The molecule has 3 fully saturated rings. The number of halogens is 1. The van der Waals surface area contributed by atoms with E-state index in [0.717, 1.165) is 67.8 Å². The van der Waals surface area contributed by atoms with Gasteiger partial charge < -0.3 is 24.4 Å². The minimum atomic E-state index is -1.14. The number of amides is 1. The molecule has 1 amide bonds. The number of rotatable bonds is 6. The van der Waals surface area contributed by atoms with Crippen LogP contribution < -0.4 is 9.84 Å². The summed E-state index contributed by atoms with van der Waals surface area (Å²) in [7, 11) is 0. The molecule has 2 aromatic carbocycles. The Kier molecular flexibility index (Phi) is 6.75. The minimum absolute atomic E-state index is 0.103. The van der Waals surface area contributed by atoms with Gasteiger partial charge in [0.2, 0.25) is 0 Å². The standard InChI is InChI=1S/C30H39FN2O3/c1-19(2)18-36-23-7-5-20(6-8-23)24-15-22-9-12-30(3,4)28(25(22)16-26(24)31)33(29(34)35)27-17-32-13-10-21(27)11-14-32/h5-8,15-16,19,21,27-28H,9-14,17-18H2,1-4H3,(H,34,35)/p-1/t27-,28+/m1/s1. The van der Waals surface area contributed by atoms with Crippen molar-refractivity contribution < 1.29 is 19.0 Å². The number of hydrogen-bond acceptors (Lipinski definition) is 4. The van der Waals surface area contributed by atoms with Gasteiger partial charge in [-0.05, 0) is 97.0 Å². The highest BCUT2D eigenvalue weighted by Gasteiger charge is 2.46. The molecular weight excluding hydrogens is 455 g/mol. The molecule has 4 aliphatic rings. The van der Waals surface area contributed by atoms with Gasteiger partial charge in [-0.3, -0.25) is 0 Å². The number of ether oxygens (including phenoxy) is 1. The van der Waals surface area contributed by atoms with E-state index in [1.807, 2.05) is 30.3 Å². The van der Waals surface area contributed by atoms with Crippen molar-refractivity contribution >= 4 is 6.09 Å². The third-order valence-electron chi connectivity index (χ3n) is 8.52. The first-order valence-corrected chi connectivity index (χ1v) is 13.4. The average Bonchev–Trinajstić information content (AvgIpc) is 2.85. The topological polar surface area (TPSA) is 55.8 Å². The van der Waals surface area contributed by atoms with E-state index in [-0.39, 0.29) is 17.3 Å². The molecular formula is C30H38FN2O3-. The van der Waals surface area contributed by atoms with Crippen LogP contribution in [0.1, 0.15) is 64.1 Å². The van der Waals surface area contributed by atoms with Gasteiger partial charge in [0, 0.05) is 18.2 Å². The molecule has 6 rings (SSSR count). The van der Waals surface area contributed by atoms with Gasteiger partial charge in [0.15, 0.2) is 0 Å². The summed E-state index contributed by atoms with van der Waals surface area (Å²) in [6.45, 7) is 11.9. The molecule has 1 aliphatic carbocycles. The van der Waals surface area contributed by atoms with Crippen LogP contribution in [0.15, 0.2) is 36.4 Å². The van der Waals surface area contributed by atoms with Crippen LogP contribution >= 0.6 is 0 Å². The first-order chi connectivity index (χ1) is 17.1. The number of hydrogen-bond donors (Lipinski definition) is 0. The lowest BCUT2D eigenvalue weighted by Crippen LogP contribution is -2.63. The van der Waals surface area contributed by atoms with Crippen LogP contribution in [0.2, 0.25) is 0 Å². The zero-order valence-corrected chi connectivity index (χ0v) is 21.9. The smallest absolute Gasteiger partial charge is 0.137 e. The Morgan fingerprint density at radius 1 is 1.19 bits per heavy atom. The number of fused-ring (bicyclic) bond motifs is 4. The second kappa shape index (κ2) is 9.70. The van der Waals surface area contributed by atoms with Crippen LogP contribution in [0.5, 0.6) is 5.75 Å². The predicted octanol–water partition coefficient (Wildman–Crippen LogP) is 5.28. The summed E-state index contributed by atoms with van der Waals surface area (Å²) in [5.41, 5.74) is 2.85. The SMILES string of the molecule is CC(C)COc1ccc(-c2cc3c(cc2F)[C@H](N(C(=O)[O-])[C@@H]2CN4CCC2CC4)C(C)(C)CC3)cc1. The number of piperidine rings is 3.